The van der Waals surface area contributed by atoms with Gasteiger partial charge in [0, 0.05) is 31.5 Å². The summed E-state index contributed by atoms with van der Waals surface area (Å²) in [6, 6.07) is 1.62. The largest absolute Gasteiger partial charge is 0.411 e. The van der Waals surface area contributed by atoms with Crippen LogP contribution < -0.4 is 0 Å². The molecule has 1 unspecified atom stereocenters. The van der Waals surface area contributed by atoms with E-state index in [1.807, 2.05) is 6.92 Å². The van der Waals surface area contributed by atoms with Crippen molar-refractivity contribution in [2.45, 2.75) is 32.4 Å². The zero-order chi connectivity index (χ0) is 14.8. The van der Waals surface area contributed by atoms with Crippen molar-refractivity contribution in [3.05, 3.63) is 17.5 Å². The summed E-state index contributed by atoms with van der Waals surface area (Å²) < 4.78 is 31.1. The first-order valence-electron chi connectivity index (χ1n) is 6.57. The number of hydrogen-bond acceptors (Lipinski definition) is 6. The molecule has 1 atom stereocenters. The fraction of sp³-hybridized carbons (Fsp3) is 0.667. The number of oxime groups is 1. The summed E-state index contributed by atoms with van der Waals surface area (Å²) in [5, 5.41) is 15.9. The van der Waals surface area contributed by atoms with Gasteiger partial charge in [-0.2, -0.15) is 0 Å². The van der Waals surface area contributed by atoms with E-state index in [9.17, 15) is 8.42 Å². The maximum atomic E-state index is 12.4. The average Bonchev–Trinajstić information content (AvgIpc) is 2.82. The van der Waals surface area contributed by atoms with Crippen molar-refractivity contribution >= 4 is 15.7 Å². The van der Waals surface area contributed by atoms with Crippen LogP contribution in [0.15, 0.2) is 15.7 Å². The van der Waals surface area contributed by atoms with E-state index in [2.05, 4.69) is 10.3 Å². The molecule has 1 aliphatic heterocycles. The molecule has 1 N–H and O–H groups in total. The molecule has 0 aromatic carbocycles. The third-order valence-electron chi connectivity index (χ3n) is 3.53. The summed E-state index contributed by atoms with van der Waals surface area (Å²) in [4.78, 5) is 0. The fourth-order valence-corrected chi connectivity index (χ4v) is 3.87. The van der Waals surface area contributed by atoms with Crippen LogP contribution in [0.25, 0.3) is 0 Å². The van der Waals surface area contributed by atoms with Gasteiger partial charge in [-0.05, 0) is 13.3 Å². The van der Waals surface area contributed by atoms with Crippen LogP contribution in [0.1, 0.15) is 31.2 Å². The molecule has 1 aromatic heterocycles. The quantitative estimate of drug-likeness (QED) is 0.669. The Morgan fingerprint density at radius 3 is 2.90 bits per heavy atom. The molecular formula is C12H19N3O4S. The smallest absolute Gasteiger partial charge is 0.220 e. The number of aromatic nitrogens is 1. The second kappa shape index (κ2) is 5.92. The van der Waals surface area contributed by atoms with E-state index in [4.69, 9.17) is 9.73 Å². The molecule has 0 aliphatic carbocycles. The molecule has 20 heavy (non-hydrogen) atoms. The average molecular weight is 301 g/mol. The number of sulfonamides is 1. The van der Waals surface area contributed by atoms with Crippen molar-refractivity contribution in [2.24, 2.45) is 11.1 Å². The third kappa shape index (κ3) is 3.18. The normalized spacial score (nSPS) is 23.3. The number of hydrogen-bond donors (Lipinski definition) is 1. The second-order valence-corrected chi connectivity index (χ2v) is 6.96. The van der Waals surface area contributed by atoms with Gasteiger partial charge in [-0.25, -0.2) is 12.7 Å². The van der Waals surface area contributed by atoms with Gasteiger partial charge in [-0.3, -0.25) is 0 Å². The molecule has 7 nitrogen and oxygen atoms in total. The number of nitrogens with zero attached hydrogens (tertiary/aromatic N) is 3. The Morgan fingerprint density at radius 2 is 2.35 bits per heavy atom. The lowest BCUT2D eigenvalue weighted by molar-refractivity contribution is 0.295. The standard InChI is InChI=1S/C12H19N3O4S/c1-3-10-7-15(5-4-12(10)13-16)20(17,18)8-11-6-9(2)19-14-11/h6,10,16H,3-5,7-8H2,1-2H3/b13-12+. The van der Waals surface area contributed by atoms with Crippen molar-refractivity contribution < 1.29 is 18.1 Å². The van der Waals surface area contributed by atoms with Gasteiger partial charge in [0.15, 0.2) is 0 Å². The first-order valence-corrected chi connectivity index (χ1v) is 8.18. The lowest BCUT2D eigenvalue weighted by atomic mass is 9.95. The lowest BCUT2D eigenvalue weighted by Gasteiger charge is -2.31. The van der Waals surface area contributed by atoms with Crippen LogP contribution in [-0.4, -0.2) is 41.9 Å². The molecule has 0 radical (unpaired) electrons. The Bertz CT molecular complexity index is 594. The SMILES string of the molecule is CCC1CN(S(=O)(=O)Cc2cc(C)on2)CC/C1=N\O. The molecule has 1 aliphatic rings. The molecule has 2 heterocycles. The highest BCUT2D eigenvalue weighted by molar-refractivity contribution is 7.88. The Hall–Kier alpha value is -1.41. The predicted molar refractivity (Wildman–Crippen MR) is 73.1 cm³/mol. The summed E-state index contributed by atoms with van der Waals surface area (Å²) in [6.07, 6.45) is 1.21. The number of rotatable bonds is 4. The first-order chi connectivity index (χ1) is 9.46. The van der Waals surface area contributed by atoms with Crippen LogP contribution in [-0.2, 0) is 15.8 Å². The van der Waals surface area contributed by atoms with Gasteiger partial charge < -0.3 is 9.73 Å². The highest BCUT2D eigenvalue weighted by atomic mass is 32.2. The van der Waals surface area contributed by atoms with Gasteiger partial charge in [0.2, 0.25) is 10.0 Å². The zero-order valence-corrected chi connectivity index (χ0v) is 12.4. The topological polar surface area (TPSA) is 96.0 Å². The number of piperidine rings is 1. The lowest BCUT2D eigenvalue weighted by Crippen LogP contribution is -2.44. The fourth-order valence-electron chi connectivity index (χ4n) is 2.40. The van der Waals surface area contributed by atoms with Crippen LogP contribution in [0.2, 0.25) is 0 Å². The van der Waals surface area contributed by atoms with Gasteiger partial charge in [0.05, 0.1) is 5.71 Å². The van der Waals surface area contributed by atoms with Crippen molar-refractivity contribution in [2.75, 3.05) is 13.1 Å². The van der Waals surface area contributed by atoms with E-state index < -0.39 is 10.0 Å². The Balaban J connectivity index is 2.10. The number of aryl methyl sites for hydroxylation is 1. The van der Waals surface area contributed by atoms with E-state index in [1.54, 1.807) is 13.0 Å². The van der Waals surface area contributed by atoms with Gasteiger partial charge in [0.25, 0.3) is 0 Å². The molecule has 1 saturated heterocycles. The molecule has 0 amide bonds. The van der Waals surface area contributed by atoms with Gasteiger partial charge in [-0.1, -0.05) is 17.2 Å². The monoisotopic (exact) mass is 301 g/mol. The molecule has 0 saturated carbocycles. The molecule has 0 spiro atoms. The minimum Gasteiger partial charge on any atom is -0.411 e. The molecule has 2 rings (SSSR count). The van der Waals surface area contributed by atoms with Gasteiger partial charge >= 0.3 is 0 Å². The van der Waals surface area contributed by atoms with E-state index in [0.717, 1.165) is 6.42 Å². The summed E-state index contributed by atoms with van der Waals surface area (Å²) in [6.45, 7) is 4.37. The summed E-state index contributed by atoms with van der Waals surface area (Å²) in [7, 11) is -3.42. The minimum absolute atomic E-state index is 0.0254. The molecule has 0 bridgehead atoms. The Labute approximate surface area is 118 Å². The van der Waals surface area contributed by atoms with Crippen LogP contribution in [0, 0.1) is 12.8 Å². The third-order valence-corrected chi connectivity index (χ3v) is 5.31. The molecular weight excluding hydrogens is 282 g/mol. The van der Waals surface area contributed by atoms with Crippen LogP contribution in [0.4, 0.5) is 0 Å². The Kier molecular flexibility index (Phi) is 4.44. The van der Waals surface area contributed by atoms with Crippen molar-refractivity contribution in [1.29, 1.82) is 0 Å². The van der Waals surface area contributed by atoms with E-state index in [-0.39, 0.29) is 11.7 Å². The van der Waals surface area contributed by atoms with Crippen LogP contribution in [0.3, 0.4) is 0 Å². The van der Waals surface area contributed by atoms with Crippen LogP contribution >= 0.6 is 0 Å². The van der Waals surface area contributed by atoms with E-state index in [1.165, 1.54) is 4.31 Å². The molecule has 1 fully saturated rings. The molecule has 8 heteroatoms. The van der Waals surface area contributed by atoms with E-state index in [0.29, 0.717) is 36.7 Å². The van der Waals surface area contributed by atoms with E-state index >= 15 is 0 Å². The Morgan fingerprint density at radius 1 is 1.60 bits per heavy atom. The first kappa shape index (κ1) is 15.0. The molecule has 1 aromatic rings. The summed E-state index contributed by atoms with van der Waals surface area (Å²) >= 11 is 0. The van der Waals surface area contributed by atoms with Crippen molar-refractivity contribution in [3.63, 3.8) is 0 Å². The van der Waals surface area contributed by atoms with Gasteiger partial charge in [-0.15, -0.1) is 0 Å². The maximum absolute atomic E-state index is 12.4. The highest BCUT2D eigenvalue weighted by Gasteiger charge is 2.32. The van der Waals surface area contributed by atoms with Crippen molar-refractivity contribution in [3.8, 4) is 0 Å². The van der Waals surface area contributed by atoms with Crippen LogP contribution in [0.5, 0.6) is 0 Å². The summed E-state index contributed by atoms with van der Waals surface area (Å²) in [5.74, 6) is 0.407. The molecule has 112 valence electrons. The summed E-state index contributed by atoms with van der Waals surface area (Å²) in [5.41, 5.74) is 1.09. The highest BCUT2D eigenvalue weighted by Crippen LogP contribution is 2.22. The predicted octanol–water partition coefficient (Wildman–Crippen LogP) is 1.37. The van der Waals surface area contributed by atoms with Gasteiger partial charge in [0.1, 0.15) is 17.2 Å². The minimum atomic E-state index is -3.42. The zero-order valence-electron chi connectivity index (χ0n) is 11.6. The maximum Gasteiger partial charge on any atom is 0.220 e. The second-order valence-electron chi connectivity index (χ2n) is 4.99. The van der Waals surface area contributed by atoms with Crippen molar-refractivity contribution in [1.82, 2.24) is 9.46 Å².